The van der Waals surface area contributed by atoms with Gasteiger partial charge >= 0.3 is 0 Å². The Morgan fingerprint density at radius 1 is 1.56 bits per heavy atom. The van der Waals surface area contributed by atoms with Crippen LogP contribution in [0.15, 0.2) is 0 Å². The first kappa shape index (κ1) is 5.35. The first-order valence-electron chi connectivity index (χ1n) is 3.76. The van der Waals surface area contributed by atoms with Crippen molar-refractivity contribution in [3.8, 4) is 12.3 Å². The van der Waals surface area contributed by atoms with Gasteiger partial charge in [0.05, 0.1) is 0 Å². The summed E-state index contributed by atoms with van der Waals surface area (Å²) >= 11 is 0. The Morgan fingerprint density at radius 2 is 2.11 bits per heavy atom. The third kappa shape index (κ3) is 0.611. The van der Waals surface area contributed by atoms with Crippen LogP contribution >= 0.6 is 0 Å². The third-order valence-corrected chi connectivity index (χ3v) is 2.90. The molecular weight excluding hydrogens is 108 g/mol. The fourth-order valence-corrected chi connectivity index (χ4v) is 1.85. The second-order valence-electron chi connectivity index (χ2n) is 3.62. The number of hydrogen-bond acceptors (Lipinski definition) is 0. The minimum atomic E-state index is 0.402. The van der Waals surface area contributed by atoms with E-state index in [-0.39, 0.29) is 0 Å². The van der Waals surface area contributed by atoms with E-state index in [0.29, 0.717) is 5.41 Å². The summed E-state index contributed by atoms with van der Waals surface area (Å²) in [6.07, 6.45) is 9.42. The van der Waals surface area contributed by atoms with E-state index in [4.69, 9.17) is 6.42 Å². The molecule has 0 aliphatic heterocycles. The third-order valence-electron chi connectivity index (χ3n) is 2.90. The summed E-state index contributed by atoms with van der Waals surface area (Å²) in [4.78, 5) is 0. The summed E-state index contributed by atoms with van der Waals surface area (Å²) in [5, 5.41) is 0. The zero-order chi connectivity index (χ0) is 6.48. The van der Waals surface area contributed by atoms with Crippen LogP contribution in [0.25, 0.3) is 0 Å². The van der Waals surface area contributed by atoms with Crippen LogP contribution in [0.4, 0.5) is 0 Å². The van der Waals surface area contributed by atoms with Crippen LogP contribution in [-0.4, -0.2) is 0 Å². The molecule has 0 N–H and O–H groups in total. The lowest BCUT2D eigenvalue weighted by Crippen LogP contribution is -1.99. The maximum atomic E-state index is 5.42. The van der Waals surface area contributed by atoms with Gasteiger partial charge in [0.25, 0.3) is 0 Å². The van der Waals surface area contributed by atoms with Crippen molar-refractivity contribution in [1.29, 1.82) is 0 Å². The Bertz CT molecular complexity index is 169. The first-order chi connectivity index (χ1) is 4.28. The average Bonchev–Trinajstić information content (AvgIpc) is 2.63. The summed E-state index contributed by atoms with van der Waals surface area (Å²) in [5.41, 5.74) is 0.402. The van der Waals surface area contributed by atoms with E-state index in [1.807, 2.05) is 0 Å². The minimum Gasteiger partial charge on any atom is -0.120 e. The molecule has 2 rings (SSSR count). The van der Waals surface area contributed by atoms with Crippen molar-refractivity contribution >= 4 is 0 Å². The Hall–Kier alpha value is -0.440. The molecule has 0 aromatic rings. The lowest BCUT2D eigenvalue weighted by molar-refractivity contribution is 0.544. The molecule has 9 heavy (non-hydrogen) atoms. The van der Waals surface area contributed by atoms with Gasteiger partial charge in [-0.3, -0.25) is 0 Å². The molecule has 0 heteroatoms. The topological polar surface area (TPSA) is 0 Å². The molecule has 0 nitrogen and oxygen atoms in total. The molecule has 0 aromatic heterocycles. The number of hydrogen-bond donors (Lipinski definition) is 0. The maximum Gasteiger partial charge on any atom is 0.0344 e. The smallest absolute Gasteiger partial charge is 0.0344 e. The van der Waals surface area contributed by atoms with Crippen molar-refractivity contribution in [3.05, 3.63) is 0 Å². The molecule has 0 spiro atoms. The normalized spacial score (nSPS) is 43.6. The Labute approximate surface area is 56.6 Å². The Kier molecular flexibility index (Phi) is 0.799. The van der Waals surface area contributed by atoms with Crippen LogP contribution in [0.1, 0.15) is 26.2 Å². The predicted octanol–water partition coefficient (Wildman–Crippen LogP) is 2.06. The second kappa shape index (κ2) is 1.34. The fourth-order valence-electron chi connectivity index (χ4n) is 1.85. The molecule has 2 aliphatic carbocycles. The molecule has 0 heterocycles. The quantitative estimate of drug-likeness (QED) is 0.465. The molecule has 0 radical (unpaired) electrons. The molecule has 2 saturated carbocycles. The SMILES string of the molecule is C#CC1(C2CC2C)CC1. The highest BCUT2D eigenvalue weighted by atomic mass is 14.6. The van der Waals surface area contributed by atoms with E-state index in [1.54, 1.807) is 0 Å². The zero-order valence-electron chi connectivity index (χ0n) is 5.85. The summed E-state index contributed by atoms with van der Waals surface area (Å²) < 4.78 is 0. The summed E-state index contributed by atoms with van der Waals surface area (Å²) in [5.74, 6) is 4.78. The monoisotopic (exact) mass is 120 g/mol. The van der Waals surface area contributed by atoms with Gasteiger partial charge < -0.3 is 0 Å². The van der Waals surface area contributed by atoms with Crippen molar-refractivity contribution in [2.75, 3.05) is 0 Å². The summed E-state index contributed by atoms with van der Waals surface area (Å²) in [7, 11) is 0. The molecule has 0 bridgehead atoms. The lowest BCUT2D eigenvalue weighted by atomic mass is 10.0. The van der Waals surface area contributed by atoms with Crippen LogP contribution in [0.5, 0.6) is 0 Å². The highest BCUT2D eigenvalue weighted by molar-refractivity contribution is 5.21. The van der Waals surface area contributed by atoms with E-state index in [1.165, 1.54) is 19.3 Å². The van der Waals surface area contributed by atoms with Crippen molar-refractivity contribution < 1.29 is 0 Å². The number of terminal acetylenes is 1. The highest BCUT2D eigenvalue weighted by Gasteiger charge is 2.56. The van der Waals surface area contributed by atoms with Gasteiger partial charge in [-0.15, -0.1) is 6.42 Å². The molecule has 2 fully saturated rings. The molecule has 2 aliphatic rings. The standard InChI is InChI=1S/C9H12/c1-3-9(4-5-9)8-6-7(8)2/h1,7-8H,4-6H2,2H3. The van der Waals surface area contributed by atoms with Crippen molar-refractivity contribution in [2.45, 2.75) is 26.2 Å². The minimum absolute atomic E-state index is 0.402. The molecule has 0 saturated heterocycles. The van der Waals surface area contributed by atoms with Crippen molar-refractivity contribution in [2.24, 2.45) is 17.3 Å². The van der Waals surface area contributed by atoms with E-state index in [9.17, 15) is 0 Å². The van der Waals surface area contributed by atoms with Crippen LogP contribution in [0, 0.1) is 29.6 Å². The van der Waals surface area contributed by atoms with Gasteiger partial charge in [-0.05, 0) is 31.1 Å². The van der Waals surface area contributed by atoms with Crippen molar-refractivity contribution in [1.82, 2.24) is 0 Å². The van der Waals surface area contributed by atoms with Gasteiger partial charge in [0.1, 0.15) is 0 Å². The van der Waals surface area contributed by atoms with Gasteiger partial charge in [0.15, 0.2) is 0 Å². The van der Waals surface area contributed by atoms with Gasteiger partial charge in [0.2, 0.25) is 0 Å². The van der Waals surface area contributed by atoms with Crippen molar-refractivity contribution in [3.63, 3.8) is 0 Å². The van der Waals surface area contributed by atoms with E-state index in [2.05, 4.69) is 12.8 Å². The second-order valence-corrected chi connectivity index (χ2v) is 3.62. The Balaban J connectivity index is 2.08. The highest BCUT2D eigenvalue weighted by Crippen LogP contribution is 2.63. The predicted molar refractivity (Wildman–Crippen MR) is 37.8 cm³/mol. The largest absolute Gasteiger partial charge is 0.120 e. The molecule has 0 amide bonds. The average molecular weight is 120 g/mol. The first-order valence-corrected chi connectivity index (χ1v) is 3.76. The Morgan fingerprint density at radius 3 is 2.22 bits per heavy atom. The van der Waals surface area contributed by atoms with Crippen LogP contribution < -0.4 is 0 Å². The molecule has 2 unspecified atom stereocenters. The number of rotatable bonds is 1. The van der Waals surface area contributed by atoms with Gasteiger partial charge in [-0.2, -0.15) is 0 Å². The summed E-state index contributed by atoms with van der Waals surface area (Å²) in [6.45, 7) is 2.31. The lowest BCUT2D eigenvalue weighted by Gasteiger charge is -2.02. The molecule has 0 aromatic carbocycles. The van der Waals surface area contributed by atoms with Crippen LogP contribution in [0.2, 0.25) is 0 Å². The fraction of sp³-hybridized carbons (Fsp3) is 0.778. The van der Waals surface area contributed by atoms with Gasteiger partial charge in [-0.25, -0.2) is 0 Å². The van der Waals surface area contributed by atoms with Crippen LogP contribution in [0.3, 0.4) is 0 Å². The van der Waals surface area contributed by atoms with Gasteiger partial charge in [-0.1, -0.05) is 12.8 Å². The van der Waals surface area contributed by atoms with E-state index in [0.717, 1.165) is 11.8 Å². The van der Waals surface area contributed by atoms with Gasteiger partial charge in [0, 0.05) is 5.41 Å². The molecule has 48 valence electrons. The summed E-state index contributed by atoms with van der Waals surface area (Å²) in [6, 6.07) is 0. The molecule has 2 atom stereocenters. The zero-order valence-corrected chi connectivity index (χ0v) is 5.85. The van der Waals surface area contributed by atoms with E-state index >= 15 is 0 Å². The van der Waals surface area contributed by atoms with Crippen LogP contribution in [-0.2, 0) is 0 Å². The maximum absolute atomic E-state index is 5.42. The van der Waals surface area contributed by atoms with E-state index < -0.39 is 0 Å². The molecular formula is C9H12.